The minimum Gasteiger partial charge on any atom is -0.462 e. The van der Waals surface area contributed by atoms with Gasteiger partial charge in [0.1, 0.15) is 12.7 Å². The van der Waals surface area contributed by atoms with E-state index >= 15 is 0 Å². The summed E-state index contributed by atoms with van der Waals surface area (Å²) in [6, 6.07) is 19.8. The number of aliphatic hydroxyl groups excluding tert-OH is 1. The number of hydroxylamine groups is 1. The van der Waals surface area contributed by atoms with Crippen molar-refractivity contribution >= 4 is 23.4 Å². The third-order valence-corrected chi connectivity index (χ3v) is 16.1. The first-order valence-corrected chi connectivity index (χ1v) is 21.5. The number of allylic oxidation sites excluding steroid dienone is 2. The molecule has 2 N–H and O–H groups in total. The molecule has 1 unspecified atom stereocenters. The Labute approximate surface area is 344 Å². The molecule has 0 bridgehead atoms. The minimum absolute atomic E-state index is 0.0955. The van der Waals surface area contributed by atoms with Gasteiger partial charge in [0.15, 0.2) is 11.9 Å². The molecule has 0 heterocycles. The lowest BCUT2D eigenvalue weighted by Gasteiger charge is -2.61. The number of oxime groups is 1. The topological polar surface area (TPSA) is 133 Å². The van der Waals surface area contributed by atoms with Crippen LogP contribution in [0.3, 0.4) is 0 Å². The van der Waals surface area contributed by atoms with E-state index in [1.165, 1.54) is 13.8 Å². The van der Waals surface area contributed by atoms with Crippen LogP contribution in [0.4, 0.5) is 0 Å². The number of carbonyl (C=O) groups excluding carboxylic acids is 3. The third-order valence-electron chi connectivity index (χ3n) is 16.1. The van der Waals surface area contributed by atoms with E-state index in [9.17, 15) is 19.5 Å². The second-order valence-electron chi connectivity index (χ2n) is 18.9. The molecule has 4 fully saturated rings. The molecule has 314 valence electrons. The van der Waals surface area contributed by atoms with Gasteiger partial charge in [0.2, 0.25) is 0 Å². The molecule has 2 aromatic rings. The number of esters is 2. The van der Waals surface area contributed by atoms with Crippen molar-refractivity contribution in [2.75, 3.05) is 13.2 Å². The predicted molar refractivity (Wildman–Crippen MR) is 220 cm³/mol. The van der Waals surface area contributed by atoms with Gasteiger partial charge in [-0.2, -0.15) is 0 Å². The molecule has 0 saturated heterocycles. The lowest BCUT2D eigenvalue weighted by Crippen LogP contribution is -2.56. The van der Waals surface area contributed by atoms with Crippen LogP contribution in [0.15, 0.2) is 78.0 Å². The second-order valence-corrected chi connectivity index (χ2v) is 18.9. The van der Waals surface area contributed by atoms with Crippen LogP contribution in [0.1, 0.15) is 98.1 Å². The minimum atomic E-state index is -1.10. The number of nitrogens with one attached hydrogen (secondary N) is 1. The summed E-state index contributed by atoms with van der Waals surface area (Å²) in [5.74, 6) is -1.85. The van der Waals surface area contributed by atoms with Crippen molar-refractivity contribution in [3.63, 3.8) is 0 Å². The molecular formula is C48H64N2O8. The molecule has 0 aromatic heterocycles. The van der Waals surface area contributed by atoms with Crippen molar-refractivity contribution in [2.24, 2.45) is 68.2 Å². The molecule has 2 aromatic carbocycles. The van der Waals surface area contributed by atoms with Crippen LogP contribution in [0, 0.1) is 63.1 Å². The highest BCUT2D eigenvalue weighted by atomic mass is 16.6. The monoisotopic (exact) mass is 796 g/mol. The first-order chi connectivity index (χ1) is 27.7. The lowest BCUT2D eigenvalue weighted by atomic mass is 9.43. The van der Waals surface area contributed by atoms with Crippen LogP contribution in [0.2, 0.25) is 0 Å². The van der Waals surface area contributed by atoms with Crippen LogP contribution < -0.4 is 5.48 Å². The maximum Gasteiger partial charge on any atom is 0.303 e. The van der Waals surface area contributed by atoms with E-state index in [4.69, 9.17) is 19.1 Å². The van der Waals surface area contributed by atoms with Gasteiger partial charge in [-0.05, 0) is 95.1 Å². The zero-order valence-corrected chi connectivity index (χ0v) is 35.4. The maximum absolute atomic E-state index is 14.7. The fraction of sp³-hybridized carbons (Fsp3) is 0.625. The summed E-state index contributed by atoms with van der Waals surface area (Å²) in [5, 5.41) is 15.0. The number of fused-ring (bicyclic) bond motifs is 2. The molecule has 4 saturated carbocycles. The number of aliphatic hydroxyl groups is 1. The Morgan fingerprint density at radius 1 is 0.914 bits per heavy atom. The van der Waals surface area contributed by atoms with Gasteiger partial charge in [0.25, 0.3) is 0 Å². The van der Waals surface area contributed by atoms with Crippen LogP contribution in [-0.2, 0) is 46.7 Å². The van der Waals surface area contributed by atoms with E-state index in [-0.39, 0.29) is 58.4 Å². The highest BCUT2D eigenvalue weighted by Gasteiger charge is 2.81. The quantitative estimate of drug-likeness (QED) is 0.0985. The highest BCUT2D eigenvalue weighted by molar-refractivity contribution is 5.98. The number of benzene rings is 2. The Bertz CT molecular complexity index is 1870. The van der Waals surface area contributed by atoms with Crippen LogP contribution >= 0.6 is 0 Å². The van der Waals surface area contributed by atoms with Gasteiger partial charge in [0, 0.05) is 50.7 Å². The molecule has 58 heavy (non-hydrogen) atoms. The van der Waals surface area contributed by atoms with Crippen molar-refractivity contribution in [3.05, 3.63) is 83.9 Å². The van der Waals surface area contributed by atoms with E-state index in [0.717, 1.165) is 48.9 Å². The summed E-state index contributed by atoms with van der Waals surface area (Å²) in [6.07, 6.45) is 9.09. The summed E-state index contributed by atoms with van der Waals surface area (Å²) >= 11 is 0. The van der Waals surface area contributed by atoms with Crippen LogP contribution in [0.25, 0.3) is 0 Å². The van der Waals surface area contributed by atoms with Gasteiger partial charge in [-0.25, -0.2) is 5.48 Å². The van der Waals surface area contributed by atoms with E-state index in [1.807, 2.05) is 74.5 Å². The van der Waals surface area contributed by atoms with Gasteiger partial charge >= 0.3 is 11.9 Å². The van der Waals surface area contributed by atoms with Crippen molar-refractivity contribution in [1.29, 1.82) is 0 Å². The van der Waals surface area contributed by atoms with E-state index in [0.29, 0.717) is 31.5 Å². The summed E-state index contributed by atoms with van der Waals surface area (Å²) < 4.78 is 12.3. The number of rotatable bonds is 16. The molecule has 0 radical (unpaired) electrons. The fourth-order valence-corrected chi connectivity index (χ4v) is 13.1. The molecule has 2 spiro atoms. The molecule has 0 aliphatic heterocycles. The number of ether oxygens (including phenoxy) is 2. The van der Waals surface area contributed by atoms with Gasteiger partial charge in [-0.3, -0.25) is 19.2 Å². The third kappa shape index (κ3) is 7.36. The number of carbonyl (C=O) groups is 3. The van der Waals surface area contributed by atoms with Gasteiger partial charge < -0.3 is 19.4 Å². The largest absolute Gasteiger partial charge is 0.462 e. The Balaban J connectivity index is 1.13. The molecule has 5 aliphatic rings. The summed E-state index contributed by atoms with van der Waals surface area (Å²) in [5.41, 5.74) is 5.77. The number of ketones is 1. The molecule has 7 rings (SSSR count). The highest BCUT2D eigenvalue weighted by Crippen LogP contribution is 2.87. The first-order valence-electron chi connectivity index (χ1n) is 21.5. The molecule has 13 atom stereocenters. The molecular weight excluding hydrogens is 733 g/mol. The average Bonchev–Trinajstić information content (AvgIpc) is 3.81. The average molecular weight is 797 g/mol. The normalized spacial score (nSPS) is 35.9. The van der Waals surface area contributed by atoms with Gasteiger partial charge in [-0.1, -0.05) is 107 Å². The first kappa shape index (κ1) is 42.3. The standard InChI is InChI=1S/C48H64N2O8/c1-30(26-51)37(25-49-55-27-35-14-10-8-11-15-35)43(54)44(58-34(5)53)32(3)42-40(57-33(4)52)24-46(7)41-19-18-38-31(2)39(50-56-28-36-16-12-9-13-17-36)20-21-47(38)29-48(41,47)23-22-45(42,46)6/h8-17,20-21,30-32,37-38,40-42,44,49,51H,18-19,22-29H2,1-7H3/b50-39+/t30-,31-,32-,37?,38-,40-,41-,42-,44+,45+,46-,47+,48-/m0/s1. The molecule has 5 aliphatic carbocycles. The SMILES string of the molecule is CC(=O)O[C@H]1C[C@@]2(C)[C@@H]3CC[C@H]4[C@H](C)/C(=N/OCc5ccccc5)C=C[C@@]45C[C@@]35CC[C@]2(C)[C@H]1[C@H](C)[C@@H](OC(C)=O)C(=O)C(CNOCc1ccccc1)[C@@H](C)CO. The molecule has 10 heteroatoms. The number of hydrogen-bond donors (Lipinski definition) is 2. The number of hydrogen-bond acceptors (Lipinski definition) is 10. The van der Waals surface area contributed by atoms with Crippen molar-refractivity contribution in [2.45, 2.75) is 112 Å². The van der Waals surface area contributed by atoms with Crippen molar-refractivity contribution < 1.29 is 38.6 Å². The Kier molecular flexibility index (Phi) is 12.1. The smallest absolute Gasteiger partial charge is 0.303 e. The lowest BCUT2D eigenvalue weighted by molar-refractivity contribution is -0.169. The zero-order chi connectivity index (χ0) is 41.5. The zero-order valence-electron chi connectivity index (χ0n) is 35.4. The fourth-order valence-electron chi connectivity index (χ4n) is 13.1. The Morgan fingerprint density at radius 3 is 2.22 bits per heavy atom. The van der Waals surface area contributed by atoms with Gasteiger partial charge in [0.05, 0.1) is 12.3 Å². The Hall–Kier alpha value is -3.86. The Morgan fingerprint density at radius 2 is 1.59 bits per heavy atom. The van der Waals surface area contributed by atoms with Crippen LogP contribution in [0.5, 0.6) is 0 Å². The van der Waals surface area contributed by atoms with Crippen molar-refractivity contribution in [3.8, 4) is 0 Å². The molecule has 0 amide bonds. The molecule has 10 nitrogen and oxygen atoms in total. The summed E-state index contributed by atoms with van der Waals surface area (Å²) in [7, 11) is 0. The van der Waals surface area contributed by atoms with Crippen molar-refractivity contribution in [1.82, 2.24) is 5.48 Å². The van der Waals surface area contributed by atoms with E-state index in [1.54, 1.807) is 0 Å². The van der Waals surface area contributed by atoms with Gasteiger partial charge in [-0.15, -0.1) is 0 Å². The predicted octanol–water partition coefficient (Wildman–Crippen LogP) is 8.03. The second kappa shape index (κ2) is 16.7. The maximum atomic E-state index is 14.7. The van der Waals surface area contributed by atoms with E-state index in [2.05, 4.69) is 43.6 Å². The summed E-state index contributed by atoms with van der Waals surface area (Å²) in [4.78, 5) is 52.0. The summed E-state index contributed by atoms with van der Waals surface area (Å²) in [6.45, 7) is 14.4. The van der Waals surface area contributed by atoms with E-state index < -0.39 is 35.9 Å². The number of nitrogens with zero attached hydrogens (tertiary/aromatic N) is 1. The number of Topliss-reactive ketones (excluding diaryl/α,β-unsaturated/α-hetero) is 1. The van der Waals surface area contributed by atoms with Crippen LogP contribution in [-0.4, -0.2) is 53.9 Å².